The van der Waals surface area contributed by atoms with Crippen molar-refractivity contribution in [3.8, 4) is 0 Å². The van der Waals surface area contributed by atoms with E-state index < -0.39 is 51.1 Å². The highest BCUT2D eigenvalue weighted by Gasteiger charge is 2.50. The Bertz CT molecular complexity index is 2250. The lowest BCUT2D eigenvalue weighted by molar-refractivity contribution is 0.0142. The molecule has 0 aliphatic rings. The highest BCUT2D eigenvalue weighted by molar-refractivity contribution is 7.80. The van der Waals surface area contributed by atoms with Crippen LogP contribution >= 0.6 is 15.8 Å². The largest absolute Gasteiger partial charge is 0.537 e. The van der Waals surface area contributed by atoms with Crippen molar-refractivity contribution < 1.29 is 53.1 Å². The molecule has 0 heterocycles. The molecule has 0 unspecified atom stereocenters. The molecule has 0 aromatic heterocycles. The summed E-state index contributed by atoms with van der Waals surface area (Å²) in [4.78, 5) is 0. The molecule has 466 valence electrons. The molecule has 0 amide bonds. The van der Waals surface area contributed by atoms with Crippen molar-refractivity contribution in [1.29, 1.82) is 0 Å². The Hall–Kier alpha value is -2.65. The molecule has 0 aliphatic carbocycles. The van der Waals surface area contributed by atoms with E-state index >= 15 is 0 Å². The van der Waals surface area contributed by atoms with Gasteiger partial charge in [-0.3, -0.25) is 0 Å². The molecule has 84 heavy (non-hydrogen) atoms. The van der Waals surface area contributed by atoms with Crippen molar-refractivity contribution in [3.63, 3.8) is 0 Å². The lowest BCUT2D eigenvalue weighted by atomic mass is 10.3. The summed E-state index contributed by atoms with van der Waals surface area (Å²) in [5.74, 6) is 0. The van der Waals surface area contributed by atoms with Gasteiger partial charge >= 0.3 is 35.2 Å². The fraction of sp³-hybridized carbons (Fsp3) is 0.545. The van der Waals surface area contributed by atoms with Gasteiger partial charge in [-0.25, -0.2) is 0 Å². The van der Waals surface area contributed by atoms with Gasteiger partial charge in [0.05, 0.1) is 0 Å². The van der Waals surface area contributed by atoms with E-state index in [4.69, 9.17) is 53.1 Å². The van der Waals surface area contributed by atoms with Gasteiger partial charge < -0.3 is 53.1 Å². The number of hydrogen-bond donors (Lipinski definition) is 0. The zero-order valence-electron chi connectivity index (χ0n) is 55.3. The molecule has 0 radical (unpaired) electrons. The zero-order chi connectivity index (χ0) is 62.5. The maximum atomic E-state index is 6.72. The Balaban J connectivity index is 1.78. The Labute approximate surface area is 514 Å². The van der Waals surface area contributed by atoms with Crippen LogP contribution in [0.15, 0.2) is 121 Å². The van der Waals surface area contributed by atoms with E-state index in [1.165, 1.54) is 10.6 Å². The summed E-state index contributed by atoms with van der Waals surface area (Å²) in [6.45, 7) is 48.9. The lowest BCUT2D eigenvalue weighted by Crippen LogP contribution is -2.60. The van der Waals surface area contributed by atoms with E-state index in [9.17, 15) is 0 Å². The van der Waals surface area contributed by atoms with E-state index in [1.807, 2.05) is 166 Å². The maximum absolute atomic E-state index is 6.72. The molecule has 0 N–H and O–H groups in total. The van der Waals surface area contributed by atoms with Crippen molar-refractivity contribution in [2.45, 2.75) is 239 Å². The molecule has 18 heteroatoms. The van der Waals surface area contributed by atoms with E-state index in [0.717, 1.165) is 42.0 Å². The minimum Gasteiger partial charge on any atom is -0.367 e. The smallest absolute Gasteiger partial charge is 0.367 e. The van der Waals surface area contributed by atoms with Gasteiger partial charge in [-0.2, -0.15) is 0 Å². The molecule has 5 rings (SSSR count). The fourth-order valence-corrected chi connectivity index (χ4v) is 26.3. The molecule has 0 saturated heterocycles. The average Bonchev–Trinajstić information content (AvgIpc) is 1.81. The molecular formula is C66H104O12P2Si4. The molecule has 0 bridgehead atoms. The first-order valence-corrected chi connectivity index (χ1v) is 40.2. The molecule has 0 spiro atoms. The standard InChI is InChI=1S/C66H104O12P2Si4/c1-45(2)67-81(68-46(3)4,69-47(5)6)63-37-29-59(30-38-63)79(60-31-39-64(40-32-60)82(70-48(7)8,71-49(9)10)72-50(11)12)57-25-27-58(28-26-57)80(61-33-41-65(42-34-61)83(73-51(13)14,74-52(15)16)75-53(17)18)62-35-43-66(44-36-62)84(76-54(19)20,77-55(21)22)78-56(23)24/h25-56H,1-24H3. The molecular weight excluding hydrogens is 1160 g/mol. The SMILES string of the molecule is CC(C)O[Si](OC(C)C)(OC(C)C)c1ccc(P(c2ccc(P(c3ccc([Si](OC(C)C)(OC(C)C)OC(C)C)cc3)c3ccc([Si](OC(C)C)(OC(C)C)OC(C)C)cc3)cc2)c2ccc([Si](OC(C)C)(OC(C)C)OC(C)C)cc2)cc1. The molecule has 0 aliphatic heterocycles. The van der Waals surface area contributed by atoms with Gasteiger partial charge in [0.15, 0.2) is 0 Å². The van der Waals surface area contributed by atoms with Crippen molar-refractivity contribution >= 4 is 104 Å². The van der Waals surface area contributed by atoms with Crippen molar-refractivity contribution in [3.05, 3.63) is 121 Å². The summed E-state index contributed by atoms with van der Waals surface area (Å²) in [5.41, 5.74) is 0. The van der Waals surface area contributed by atoms with Crippen molar-refractivity contribution in [1.82, 2.24) is 0 Å². The summed E-state index contributed by atoms with van der Waals surface area (Å²) < 4.78 is 80.7. The highest BCUT2D eigenvalue weighted by Crippen LogP contribution is 2.37. The number of hydrogen-bond acceptors (Lipinski definition) is 12. The second kappa shape index (κ2) is 32.2. The van der Waals surface area contributed by atoms with Crippen LogP contribution in [0.2, 0.25) is 0 Å². The molecule has 5 aromatic carbocycles. The highest BCUT2D eigenvalue weighted by atomic mass is 31.1. The van der Waals surface area contributed by atoms with Crippen LogP contribution in [-0.4, -0.2) is 108 Å². The normalized spacial score (nSPS) is 13.4. The third kappa shape index (κ3) is 20.2. The maximum Gasteiger partial charge on any atom is 0.537 e. The number of benzene rings is 5. The summed E-state index contributed by atoms with van der Waals surface area (Å²) >= 11 is 0. The van der Waals surface area contributed by atoms with E-state index in [2.05, 4.69) is 121 Å². The van der Waals surface area contributed by atoms with Gasteiger partial charge in [-0.05, 0) is 214 Å². The first-order valence-electron chi connectivity index (χ1n) is 30.6. The second-order valence-corrected chi connectivity index (χ2v) is 38.6. The van der Waals surface area contributed by atoms with Crippen LogP contribution in [0.1, 0.15) is 166 Å². The Morgan fingerprint density at radius 2 is 0.274 bits per heavy atom. The van der Waals surface area contributed by atoms with Crippen molar-refractivity contribution in [2.24, 2.45) is 0 Å². The first-order chi connectivity index (χ1) is 39.3. The van der Waals surface area contributed by atoms with Crippen LogP contribution in [-0.2, 0) is 53.1 Å². The van der Waals surface area contributed by atoms with Gasteiger partial charge in [0, 0.05) is 94.0 Å². The first kappa shape index (κ1) is 72.1. The van der Waals surface area contributed by atoms with Crippen LogP contribution in [0, 0.1) is 0 Å². The third-order valence-corrected chi connectivity index (χ3v) is 30.4. The molecule has 12 nitrogen and oxygen atoms in total. The van der Waals surface area contributed by atoms with Crippen LogP contribution in [0.25, 0.3) is 0 Å². The van der Waals surface area contributed by atoms with Gasteiger partial charge in [-0.1, -0.05) is 121 Å². The van der Waals surface area contributed by atoms with Crippen LogP contribution in [0.4, 0.5) is 0 Å². The summed E-state index contributed by atoms with van der Waals surface area (Å²) in [7, 11) is -15.8. The van der Waals surface area contributed by atoms with E-state index in [1.54, 1.807) is 0 Å². The molecule has 0 saturated carbocycles. The van der Waals surface area contributed by atoms with Crippen LogP contribution in [0.3, 0.4) is 0 Å². The number of rotatable bonds is 34. The van der Waals surface area contributed by atoms with Crippen LogP contribution in [0.5, 0.6) is 0 Å². The molecule has 0 fully saturated rings. The van der Waals surface area contributed by atoms with Gasteiger partial charge in [0.2, 0.25) is 0 Å². The minimum atomic E-state index is -3.37. The van der Waals surface area contributed by atoms with Crippen molar-refractivity contribution in [2.75, 3.05) is 0 Å². The van der Waals surface area contributed by atoms with Gasteiger partial charge in [0.25, 0.3) is 0 Å². The topological polar surface area (TPSA) is 111 Å². The molecule has 5 aromatic rings. The predicted octanol–water partition coefficient (Wildman–Crippen LogP) is 10.9. The van der Waals surface area contributed by atoms with Crippen LogP contribution < -0.4 is 52.6 Å². The fourth-order valence-electron chi connectivity index (χ4n) is 9.78. The second-order valence-electron chi connectivity index (χ2n) is 24.6. The molecule has 0 atom stereocenters. The van der Waals surface area contributed by atoms with Gasteiger partial charge in [0.1, 0.15) is 0 Å². The lowest BCUT2D eigenvalue weighted by Gasteiger charge is -2.35. The predicted molar refractivity (Wildman–Crippen MR) is 360 cm³/mol. The minimum absolute atomic E-state index is 0.113. The monoisotopic (exact) mass is 1260 g/mol. The Kier molecular flexibility index (Phi) is 27.6. The third-order valence-electron chi connectivity index (χ3n) is 12.0. The van der Waals surface area contributed by atoms with E-state index in [0.29, 0.717) is 0 Å². The van der Waals surface area contributed by atoms with E-state index in [-0.39, 0.29) is 73.2 Å². The summed E-state index contributed by atoms with van der Waals surface area (Å²) in [6.07, 6.45) is -1.35. The quantitative estimate of drug-likeness (QED) is 0.0289. The zero-order valence-corrected chi connectivity index (χ0v) is 61.1. The van der Waals surface area contributed by atoms with Gasteiger partial charge in [-0.15, -0.1) is 0 Å². The average molecular weight is 1260 g/mol. The summed E-state index contributed by atoms with van der Waals surface area (Å²) in [6, 6.07) is 44.4. The summed E-state index contributed by atoms with van der Waals surface area (Å²) in [5, 5.41) is 10.7. The Morgan fingerprint density at radius 3 is 0.369 bits per heavy atom. The Morgan fingerprint density at radius 1 is 0.179 bits per heavy atom.